The van der Waals surface area contributed by atoms with E-state index >= 15 is 0 Å². The molecular weight excluding hydrogens is 148 g/mol. The van der Waals surface area contributed by atoms with Crippen LogP contribution in [0.2, 0.25) is 0 Å². The predicted molar refractivity (Wildman–Crippen MR) is 54.3 cm³/mol. The molecule has 0 aliphatic heterocycles. The first-order valence-electron chi connectivity index (χ1n) is 4.87. The molecule has 0 amide bonds. The van der Waals surface area contributed by atoms with Crippen molar-refractivity contribution in [2.45, 2.75) is 53.6 Å². The second kappa shape index (κ2) is 3.78. The Balaban J connectivity index is 4.74. The molecule has 0 unspecified atom stereocenters. The van der Waals surface area contributed by atoms with Crippen LogP contribution in [0, 0.1) is 11.3 Å². The minimum Gasteiger partial charge on any atom is -0.378 e. The fourth-order valence-corrected chi connectivity index (χ4v) is 1.64. The van der Waals surface area contributed by atoms with Crippen molar-refractivity contribution >= 4 is 0 Å². The maximum Gasteiger partial charge on any atom is 0.0724 e. The second-order valence-corrected chi connectivity index (χ2v) is 4.70. The molecule has 0 saturated carbocycles. The van der Waals surface area contributed by atoms with E-state index in [-0.39, 0.29) is 11.0 Å². The van der Waals surface area contributed by atoms with E-state index in [4.69, 9.17) is 4.74 Å². The van der Waals surface area contributed by atoms with Gasteiger partial charge in [-0.2, -0.15) is 0 Å². The molecule has 0 radical (unpaired) electrons. The zero-order valence-corrected chi connectivity index (χ0v) is 9.69. The first kappa shape index (κ1) is 12.0. The summed E-state index contributed by atoms with van der Waals surface area (Å²) < 4.78 is 5.65. The maximum atomic E-state index is 5.65. The molecule has 0 heterocycles. The third-order valence-electron chi connectivity index (χ3n) is 3.75. The SMILES string of the molecule is CCC(C)(C)[C@@](C)(OC)C(C)C. The van der Waals surface area contributed by atoms with Gasteiger partial charge >= 0.3 is 0 Å². The molecule has 0 aliphatic carbocycles. The van der Waals surface area contributed by atoms with E-state index in [1.165, 1.54) is 0 Å². The number of ether oxygens (including phenoxy) is 1. The smallest absolute Gasteiger partial charge is 0.0724 e. The lowest BCUT2D eigenvalue weighted by molar-refractivity contribution is -0.119. The van der Waals surface area contributed by atoms with Gasteiger partial charge in [-0.1, -0.05) is 34.6 Å². The molecule has 0 N–H and O–H groups in total. The van der Waals surface area contributed by atoms with E-state index in [0.29, 0.717) is 5.92 Å². The largest absolute Gasteiger partial charge is 0.378 e. The van der Waals surface area contributed by atoms with Crippen molar-refractivity contribution in [3.05, 3.63) is 0 Å². The Hall–Kier alpha value is -0.0400. The van der Waals surface area contributed by atoms with Gasteiger partial charge in [-0.15, -0.1) is 0 Å². The quantitative estimate of drug-likeness (QED) is 0.631. The van der Waals surface area contributed by atoms with Gasteiger partial charge in [-0.05, 0) is 24.7 Å². The Morgan fingerprint density at radius 3 is 1.67 bits per heavy atom. The summed E-state index contributed by atoms with van der Waals surface area (Å²) in [6.07, 6.45) is 1.15. The van der Waals surface area contributed by atoms with E-state index in [2.05, 4.69) is 41.5 Å². The number of methoxy groups -OCH3 is 1. The van der Waals surface area contributed by atoms with Crippen LogP contribution in [0.5, 0.6) is 0 Å². The van der Waals surface area contributed by atoms with Crippen LogP contribution < -0.4 is 0 Å². The third kappa shape index (κ3) is 1.82. The van der Waals surface area contributed by atoms with Gasteiger partial charge in [0, 0.05) is 7.11 Å². The van der Waals surface area contributed by atoms with Gasteiger partial charge in [0.25, 0.3) is 0 Å². The molecule has 0 bridgehead atoms. The Morgan fingerprint density at radius 1 is 1.17 bits per heavy atom. The highest BCUT2D eigenvalue weighted by Gasteiger charge is 2.42. The lowest BCUT2D eigenvalue weighted by atomic mass is 9.68. The molecule has 0 rings (SSSR count). The highest BCUT2D eigenvalue weighted by molar-refractivity contribution is 4.92. The van der Waals surface area contributed by atoms with Gasteiger partial charge in [-0.3, -0.25) is 0 Å². The minimum atomic E-state index is -0.0122. The van der Waals surface area contributed by atoms with Crippen molar-refractivity contribution in [2.75, 3.05) is 7.11 Å². The average Bonchev–Trinajstić information content (AvgIpc) is 2.02. The van der Waals surface area contributed by atoms with Gasteiger partial charge in [0.15, 0.2) is 0 Å². The molecule has 0 aromatic carbocycles. The highest BCUT2D eigenvalue weighted by Crippen LogP contribution is 2.41. The molecule has 0 spiro atoms. The summed E-state index contributed by atoms with van der Waals surface area (Å²) in [6.45, 7) is 13.4. The molecule has 0 fully saturated rings. The van der Waals surface area contributed by atoms with E-state index in [0.717, 1.165) is 6.42 Å². The van der Waals surface area contributed by atoms with Crippen LogP contribution in [0.25, 0.3) is 0 Å². The summed E-state index contributed by atoms with van der Waals surface area (Å²) in [7, 11) is 1.82. The van der Waals surface area contributed by atoms with Crippen molar-refractivity contribution in [2.24, 2.45) is 11.3 Å². The summed E-state index contributed by atoms with van der Waals surface area (Å²) in [5.74, 6) is 0.553. The summed E-state index contributed by atoms with van der Waals surface area (Å²) in [5.41, 5.74) is 0.234. The standard InChI is InChI=1S/C11H24O/c1-8-10(4,5)11(6,12-7)9(2)3/h9H,8H2,1-7H3/t11-/m0/s1. The van der Waals surface area contributed by atoms with Crippen molar-refractivity contribution in [1.82, 2.24) is 0 Å². The first-order chi connectivity index (χ1) is 5.31. The van der Waals surface area contributed by atoms with Crippen molar-refractivity contribution in [3.63, 3.8) is 0 Å². The van der Waals surface area contributed by atoms with Crippen LogP contribution in [0.3, 0.4) is 0 Å². The maximum absolute atomic E-state index is 5.65. The van der Waals surface area contributed by atoms with Gasteiger partial charge in [-0.25, -0.2) is 0 Å². The van der Waals surface area contributed by atoms with Crippen molar-refractivity contribution in [3.8, 4) is 0 Å². The van der Waals surface area contributed by atoms with Crippen molar-refractivity contribution < 1.29 is 4.74 Å². The topological polar surface area (TPSA) is 9.23 Å². The molecule has 1 heteroatoms. The molecule has 74 valence electrons. The molecule has 0 aromatic rings. The monoisotopic (exact) mass is 172 g/mol. The normalized spacial score (nSPS) is 18.0. The molecule has 1 nitrogen and oxygen atoms in total. The van der Waals surface area contributed by atoms with Crippen molar-refractivity contribution in [1.29, 1.82) is 0 Å². The van der Waals surface area contributed by atoms with Crippen LogP contribution in [0.15, 0.2) is 0 Å². The number of hydrogen-bond donors (Lipinski definition) is 0. The number of rotatable bonds is 4. The van der Waals surface area contributed by atoms with E-state index in [1.807, 2.05) is 7.11 Å². The summed E-state index contributed by atoms with van der Waals surface area (Å²) in [5, 5.41) is 0. The van der Waals surface area contributed by atoms with Crippen LogP contribution in [-0.4, -0.2) is 12.7 Å². The Labute approximate surface area is 77.5 Å². The average molecular weight is 172 g/mol. The van der Waals surface area contributed by atoms with Gasteiger partial charge in [0.1, 0.15) is 0 Å². The highest BCUT2D eigenvalue weighted by atomic mass is 16.5. The van der Waals surface area contributed by atoms with E-state index in [9.17, 15) is 0 Å². The Kier molecular flexibility index (Phi) is 3.77. The molecular formula is C11H24O. The lowest BCUT2D eigenvalue weighted by Crippen LogP contribution is -2.47. The van der Waals surface area contributed by atoms with E-state index < -0.39 is 0 Å². The zero-order chi connectivity index (χ0) is 9.99. The fourth-order valence-electron chi connectivity index (χ4n) is 1.64. The van der Waals surface area contributed by atoms with Crippen LogP contribution in [0.1, 0.15) is 48.0 Å². The lowest BCUT2D eigenvalue weighted by Gasteiger charge is -2.46. The molecule has 0 aliphatic rings. The molecule has 0 saturated heterocycles. The second-order valence-electron chi connectivity index (χ2n) is 4.70. The molecule has 1 atom stereocenters. The van der Waals surface area contributed by atoms with Crippen LogP contribution in [-0.2, 0) is 4.74 Å². The summed E-state index contributed by atoms with van der Waals surface area (Å²) in [4.78, 5) is 0. The Morgan fingerprint density at radius 2 is 1.58 bits per heavy atom. The molecule has 12 heavy (non-hydrogen) atoms. The van der Waals surface area contributed by atoms with Gasteiger partial charge in [0.2, 0.25) is 0 Å². The summed E-state index contributed by atoms with van der Waals surface area (Å²) in [6, 6.07) is 0. The van der Waals surface area contributed by atoms with Gasteiger partial charge in [0.05, 0.1) is 5.60 Å². The number of hydrogen-bond acceptors (Lipinski definition) is 1. The summed E-state index contributed by atoms with van der Waals surface area (Å²) >= 11 is 0. The molecule has 0 aromatic heterocycles. The first-order valence-corrected chi connectivity index (χ1v) is 4.87. The van der Waals surface area contributed by atoms with Crippen LogP contribution >= 0.6 is 0 Å². The Bertz CT molecular complexity index is 138. The van der Waals surface area contributed by atoms with E-state index in [1.54, 1.807) is 0 Å². The minimum absolute atomic E-state index is 0.0122. The van der Waals surface area contributed by atoms with Gasteiger partial charge < -0.3 is 4.74 Å². The predicted octanol–water partition coefficient (Wildman–Crippen LogP) is 3.48. The third-order valence-corrected chi connectivity index (χ3v) is 3.75. The van der Waals surface area contributed by atoms with Crippen LogP contribution in [0.4, 0.5) is 0 Å². The zero-order valence-electron chi connectivity index (χ0n) is 9.69. The fraction of sp³-hybridized carbons (Fsp3) is 1.00.